The average Bonchev–Trinajstić information content (AvgIpc) is 2.54. The number of anilines is 1. The molecule has 0 saturated carbocycles. The van der Waals surface area contributed by atoms with Gasteiger partial charge in [0.15, 0.2) is 0 Å². The molecule has 0 atom stereocenters. The number of carbonyl (C=O) groups is 1. The van der Waals surface area contributed by atoms with E-state index in [-0.39, 0.29) is 16.1 Å². The normalized spacial score (nSPS) is 11.9. The fourth-order valence-corrected chi connectivity index (χ4v) is 3.21. The topological polar surface area (TPSA) is 75.3 Å². The van der Waals surface area contributed by atoms with Crippen LogP contribution >= 0.6 is 0 Å². The molecule has 1 amide bonds. The van der Waals surface area contributed by atoms with Crippen molar-refractivity contribution in [3.63, 3.8) is 0 Å². The molecule has 0 fully saturated rings. The van der Waals surface area contributed by atoms with Crippen LogP contribution in [0.5, 0.6) is 0 Å². The molecule has 2 aromatic rings. The lowest BCUT2D eigenvalue weighted by Crippen LogP contribution is -2.33. The van der Waals surface area contributed by atoms with Crippen molar-refractivity contribution in [3.05, 3.63) is 59.2 Å². The van der Waals surface area contributed by atoms with Gasteiger partial charge < -0.3 is 5.32 Å². The van der Waals surface area contributed by atoms with Crippen LogP contribution in [0.1, 0.15) is 21.5 Å². The smallest absolute Gasteiger partial charge is 0.343 e. The van der Waals surface area contributed by atoms with E-state index in [0.29, 0.717) is 0 Å². The Bertz CT molecular complexity index is 908. The molecule has 0 aromatic heterocycles. The Labute approximate surface area is 149 Å². The van der Waals surface area contributed by atoms with E-state index in [1.165, 1.54) is 36.4 Å². The van der Waals surface area contributed by atoms with Gasteiger partial charge in [-0.3, -0.25) is 9.52 Å². The highest BCUT2D eigenvalue weighted by Gasteiger charge is 2.27. The molecular weight excluding hydrogens is 369 g/mol. The summed E-state index contributed by atoms with van der Waals surface area (Å²) in [5, 5.41) is 1.74. The summed E-state index contributed by atoms with van der Waals surface area (Å²) in [4.78, 5) is 11.7. The van der Waals surface area contributed by atoms with Crippen molar-refractivity contribution in [2.24, 2.45) is 0 Å². The van der Waals surface area contributed by atoms with Gasteiger partial charge in [-0.05, 0) is 61.4 Å². The second-order valence-electron chi connectivity index (χ2n) is 5.73. The number of sulfonamides is 1. The van der Waals surface area contributed by atoms with Crippen LogP contribution in [0.4, 0.5) is 18.9 Å². The van der Waals surface area contributed by atoms with Crippen LogP contribution in [0.25, 0.3) is 0 Å². The quantitative estimate of drug-likeness (QED) is 0.827. The fraction of sp³-hybridized carbons (Fsp3) is 0.235. The molecule has 5 nitrogen and oxygen atoms in total. The van der Waals surface area contributed by atoms with E-state index in [9.17, 15) is 26.4 Å². The molecule has 0 heterocycles. The number of amides is 1. The van der Waals surface area contributed by atoms with Crippen LogP contribution in [-0.2, 0) is 10.0 Å². The first-order valence-electron chi connectivity index (χ1n) is 7.53. The molecule has 0 radical (unpaired) electrons. The third-order valence-corrected chi connectivity index (χ3v) is 5.02. The Balaban J connectivity index is 2.10. The summed E-state index contributed by atoms with van der Waals surface area (Å²) in [7, 11) is -3.81. The first-order valence-corrected chi connectivity index (χ1v) is 9.01. The molecule has 2 aromatic carbocycles. The molecule has 0 spiro atoms. The zero-order valence-corrected chi connectivity index (χ0v) is 14.8. The van der Waals surface area contributed by atoms with Gasteiger partial charge in [0.25, 0.3) is 15.9 Å². The number of hydrogen-bond donors (Lipinski definition) is 2. The lowest BCUT2D eigenvalue weighted by atomic mass is 10.1. The largest absolute Gasteiger partial charge is 0.405 e. The van der Waals surface area contributed by atoms with Gasteiger partial charge >= 0.3 is 6.18 Å². The maximum atomic E-state index is 12.4. The van der Waals surface area contributed by atoms with Gasteiger partial charge in [-0.1, -0.05) is 6.07 Å². The average molecular weight is 386 g/mol. The van der Waals surface area contributed by atoms with E-state index in [0.717, 1.165) is 11.1 Å². The van der Waals surface area contributed by atoms with Crippen LogP contribution in [0, 0.1) is 13.8 Å². The SMILES string of the molecule is Cc1ccc(S(=O)(=O)Nc2ccc(C(=O)NCC(F)(F)F)cc2)cc1C. The van der Waals surface area contributed by atoms with E-state index in [1.807, 2.05) is 6.92 Å². The molecule has 0 aliphatic heterocycles. The van der Waals surface area contributed by atoms with E-state index in [4.69, 9.17) is 0 Å². The minimum atomic E-state index is -4.50. The summed E-state index contributed by atoms with van der Waals surface area (Å²) in [5.41, 5.74) is 1.96. The van der Waals surface area contributed by atoms with Crippen molar-refractivity contribution < 1.29 is 26.4 Å². The first kappa shape index (κ1) is 19.8. The van der Waals surface area contributed by atoms with E-state index >= 15 is 0 Å². The fourth-order valence-electron chi connectivity index (χ4n) is 2.07. The van der Waals surface area contributed by atoms with Crippen molar-refractivity contribution in [3.8, 4) is 0 Å². The summed E-state index contributed by atoms with van der Waals surface area (Å²) < 4.78 is 63.4. The summed E-state index contributed by atoms with van der Waals surface area (Å²) in [6.07, 6.45) is -4.50. The summed E-state index contributed by atoms with van der Waals surface area (Å²) in [6, 6.07) is 9.80. The van der Waals surface area contributed by atoms with Crippen molar-refractivity contribution in [2.75, 3.05) is 11.3 Å². The Hall–Kier alpha value is -2.55. The van der Waals surface area contributed by atoms with Gasteiger partial charge in [-0.2, -0.15) is 13.2 Å². The van der Waals surface area contributed by atoms with Crippen molar-refractivity contribution in [1.29, 1.82) is 0 Å². The second-order valence-corrected chi connectivity index (χ2v) is 7.41. The number of hydrogen-bond acceptors (Lipinski definition) is 3. The van der Waals surface area contributed by atoms with Crippen LogP contribution in [0.2, 0.25) is 0 Å². The van der Waals surface area contributed by atoms with E-state index in [1.54, 1.807) is 18.3 Å². The summed E-state index contributed by atoms with van der Waals surface area (Å²) >= 11 is 0. The van der Waals surface area contributed by atoms with Gasteiger partial charge in [-0.25, -0.2) is 8.42 Å². The van der Waals surface area contributed by atoms with Crippen LogP contribution < -0.4 is 10.0 Å². The molecule has 140 valence electrons. The molecule has 2 rings (SSSR count). The first-order chi connectivity index (χ1) is 12.0. The minimum absolute atomic E-state index is 0.0108. The maximum Gasteiger partial charge on any atom is 0.405 e. The summed E-state index contributed by atoms with van der Waals surface area (Å²) in [6.45, 7) is 2.22. The number of halogens is 3. The van der Waals surface area contributed by atoms with Crippen LogP contribution in [0.3, 0.4) is 0 Å². The van der Waals surface area contributed by atoms with Gasteiger partial charge in [0.1, 0.15) is 6.54 Å². The van der Waals surface area contributed by atoms with Gasteiger partial charge in [0, 0.05) is 11.3 Å². The highest BCUT2D eigenvalue weighted by molar-refractivity contribution is 7.92. The molecule has 0 bridgehead atoms. The molecular formula is C17H17F3N2O3S. The van der Waals surface area contributed by atoms with Crippen molar-refractivity contribution in [1.82, 2.24) is 5.32 Å². The Morgan fingerprint density at radius 1 is 1.00 bits per heavy atom. The molecule has 9 heteroatoms. The van der Waals surface area contributed by atoms with Gasteiger partial charge in [-0.15, -0.1) is 0 Å². The van der Waals surface area contributed by atoms with Crippen molar-refractivity contribution in [2.45, 2.75) is 24.9 Å². The molecule has 0 saturated heterocycles. The number of rotatable bonds is 5. The highest BCUT2D eigenvalue weighted by atomic mass is 32.2. The third kappa shape index (κ3) is 5.22. The molecule has 26 heavy (non-hydrogen) atoms. The second kappa shape index (κ2) is 7.36. The zero-order valence-electron chi connectivity index (χ0n) is 14.0. The maximum absolute atomic E-state index is 12.4. The number of nitrogens with one attached hydrogen (secondary N) is 2. The standard InChI is InChI=1S/C17H17F3N2O3S/c1-11-3-8-15(9-12(11)2)26(24,25)22-14-6-4-13(5-7-14)16(23)21-10-17(18,19)20/h3-9,22H,10H2,1-2H3,(H,21,23). The van der Waals surface area contributed by atoms with Gasteiger partial charge in [0.05, 0.1) is 4.90 Å². The lowest BCUT2D eigenvalue weighted by molar-refractivity contribution is -0.123. The minimum Gasteiger partial charge on any atom is -0.343 e. The predicted octanol–water partition coefficient (Wildman–Crippen LogP) is 3.40. The predicted molar refractivity (Wildman–Crippen MR) is 91.6 cm³/mol. The number of benzene rings is 2. The highest BCUT2D eigenvalue weighted by Crippen LogP contribution is 2.19. The third-order valence-electron chi connectivity index (χ3n) is 3.64. The molecule has 0 aliphatic rings. The Kier molecular flexibility index (Phi) is 5.60. The Morgan fingerprint density at radius 3 is 2.15 bits per heavy atom. The number of aryl methyl sites for hydroxylation is 2. The molecule has 0 aliphatic carbocycles. The molecule has 0 unspecified atom stereocenters. The van der Waals surface area contributed by atoms with Crippen LogP contribution in [0.15, 0.2) is 47.4 Å². The monoisotopic (exact) mass is 386 g/mol. The number of carbonyl (C=O) groups excluding carboxylic acids is 1. The van der Waals surface area contributed by atoms with Crippen LogP contribution in [-0.4, -0.2) is 27.0 Å². The van der Waals surface area contributed by atoms with E-state index in [2.05, 4.69) is 4.72 Å². The summed E-state index contributed by atoms with van der Waals surface area (Å²) in [5.74, 6) is -0.897. The van der Waals surface area contributed by atoms with Gasteiger partial charge in [0.2, 0.25) is 0 Å². The zero-order chi connectivity index (χ0) is 19.5. The molecule has 2 N–H and O–H groups in total. The Morgan fingerprint density at radius 2 is 1.62 bits per heavy atom. The number of alkyl halides is 3. The van der Waals surface area contributed by atoms with E-state index < -0.39 is 28.7 Å². The lowest BCUT2D eigenvalue weighted by Gasteiger charge is -2.11. The van der Waals surface area contributed by atoms with Crippen molar-refractivity contribution >= 4 is 21.6 Å².